The lowest BCUT2D eigenvalue weighted by Gasteiger charge is -2.37. The number of amides is 3. The van der Waals surface area contributed by atoms with Gasteiger partial charge in [0.25, 0.3) is 5.91 Å². The molecule has 10 nitrogen and oxygen atoms in total. The highest BCUT2D eigenvalue weighted by molar-refractivity contribution is 6.05. The second-order valence-electron chi connectivity index (χ2n) is 12.3. The SMILES string of the molecule is C=CCCC(=O)NC[C@H](C)OC(=O)[C@@H]1[C@H]2C(=O)N(CCCCCO)[C@H](C(=O)N(CC=C)c3cc(C)ccc3C)[C@]23CC[C@H]1O3. The molecular formula is C34H47N3O7. The number of unbranched alkanes of at least 4 members (excludes halogenated alkanes) is 2. The Kier molecular flexibility index (Phi) is 11.0. The van der Waals surface area contributed by atoms with Gasteiger partial charge in [-0.15, -0.1) is 13.2 Å². The molecule has 0 unspecified atom stereocenters. The molecule has 240 valence electrons. The third-order valence-corrected chi connectivity index (χ3v) is 9.08. The molecule has 6 atom stereocenters. The summed E-state index contributed by atoms with van der Waals surface area (Å²) in [5, 5.41) is 12.1. The van der Waals surface area contributed by atoms with Gasteiger partial charge in [-0.05, 0) is 76.5 Å². The van der Waals surface area contributed by atoms with E-state index in [1.807, 2.05) is 32.0 Å². The van der Waals surface area contributed by atoms with Crippen LogP contribution < -0.4 is 10.2 Å². The fourth-order valence-corrected chi connectivity index (χ4v) is 7.00. The number of aliphatic hydroxyl groups is 1. The number of rotatable bonds is 16. The molecular weight excluding hydrogens is 562 g/mol. The van der Waals surface area contributed by atoms with Crippen LogP contribution in [0.4, 0.5) is 5.69 Å². The zero-order valence-corrected chi connectivity index (χ0v) is 26.3. The maximum atomic E-state index is 14.6. The maximum absolute atomic E-state index is 14.6. The van der Waals surface area contributed by atoms with E-state index in [9.17, 15) is 24.3 Å². The molecule has 0 saturated carbocycles. The number of ether oxygens (including phenoxy) is 2. The summed E-state index contributed by atoms with van der Waals surface area (Å²) >= 11 is 0. The Morgan fingerprint density at radius 2 is 2.00 bits per heavy atom. The number of hydrogen-bond acceptors (Lipinski definition) is 7. The summed E-state index contributed by atoms with van der Waals surface area (Å²) in [5.74, 6) is -2.94. The van der Waals surface area contributed by atoms with Crippen molar-refractivity contribution in [2.24, 2.45) is 11.8 Å². The topological polar surface area (TPSA) is 125 Å². The molecule has 0 aromatic heterocycles. The quantitative estimate of drug-likeness (QED) is 0.167. The highest BCUT2D eigenvalue weighted by Gasteiger charge is 2.75. The highest BCUT2D eigenvalue weighted by Crippen LogP contribution is 2.59. The first-order valence-electron chi connectivity index (χ1n) is 15.8. The van der Waals surface area contributed by atoms with Gasteiger partial charge in [-0.3, -0.25) is 19.2 Å². The van der Waals surface area contributed by atoms with Gasteiger partial charge in [0.1, 0.15) is 17.7 Å². The van der Waals surface area contributed by atoms with Crippen molar-refractivity contribution in [3.8, 4) is 0 Å². The van der Waals surface area contributed by atoms with Gasteiger partial charge in [-0.1, -0.05) is 24.3 Å². The third-order valence-electron chi connectivity index (χ3n) is 9.08. The number of hydrogen-bond donors (Lipinski definition) is 2. The van der Waals surface area contributed by atoms with Gasteiger partial charge in [-0.25, -0.2) is 0 Å². The first-order valence-corrected chi connectivity index (χ1v) is 15.8. The Hall–Kier alpha value is -3.50. The molecule has 3 aliphatic heterocycles. The molecule has 3 heterocycles. The van der Waals surface area contributed by atoms with Crippen LogP contribution in [0, 0.1) is 25.7 Å². The molecule has 4 rings (SSSR count). The minimum Gasteiger partial charge on any atom is -0.460 e. The van der Waals surface area contributed by atoms with E-state index in [-0.39, 0.29) is 37.4 Å². The second kappa shape index (κ2) is 14.5. The van der Waals surface area contributed by atoms with Gasteiger partial charge in [-0.2, -0.15) is 0 Å². The molecule has 1 aromatic carbocycles. The summed E-state index contributed by atoms with van der Waals surface area (Å²) in [4.78, 5) is 57.8. The number of nitrogens with zero attached hydrogens (tertiary/aromatic N) is 2. The number of fused-ring (bicyclic) bond motifs is 1. The second-order valence-corrected chi connectivity index (χ2v) is 12.3. The molecule has 2 N–H and O–H groups in total. The van der Waals surface area contributed by atoms with Crippen LogP contribution in [0.15, 0.2) is 43.5 Å². The Morgan fingerprint density at radius 1 is 1.23 bits per heavy atom. The number of aryl methyl sites for hydroxylation is 2. The molecule has 1 aromatic rings. The summed E-state index contributed by atoms with van der Waals surface area (Å²) in [6, 6.07) is 4.99. The summed E-state index contributed by atoms with van der Waals surface area (Å²) in [5.41, 5.74) is 1.51. The molecule has 0 radical (unpaired) electrons. The lowest BCUT2D eigenvalue weighted by molar-refractivity contribution is -0.159. The zero-order chi connectivity index (χ0) is 32.0. The Labute approximate surface area is 260 Å². The van der Waals surface area contributed by atoms with Crippen LogP contribution in [0.1, 0.15) is 63.0 Å². The minimum atomic E-state index is -1.15. The van der Waals surface area contributed by atoms with Crippen LogP contribution in [0.2, 0.25) is 0 Å². The summed E-state index contributed by atoms with van der Waals surface area (Å²) in [6.45, 7) is 13.9. The Morgan fingerprint density at radius 3 is 2.70 bits per heavy atom. The van der Waals surface area contributed by atoms with E-state index in [0.717, 1.165) is 16.8 Å². The van der Waals surface area contributed by atoms with Crippen molar-refractivity contribution in [2.75, 3.05) is 31.1 Å². The maximum Gasteiger partial charge on any atom is 0.312 e. The fourth-order valence-electron chi connectivity index (χ4n) is 7.00. The third kappa shape index (κ3) is 6.61. The number of likely N-dealkylation sites (tertiary alicyclic amines) is 1. The summed E-state index contributed by atoms with van der Waals surface area (Å²) in [7, 11) is 0. The number of aliphatic hydroxyl groups excluding tert-OH is 1. The Bertz CT molecular complexity index is 1270. The number of carbonyl (C=O) groups is 4. The normalized spacial score (nSPS) is 25.8. The Balaban J connectivity index is 1.62. The van der Waals surface area contributed by atoms with E-state index >= 15 is 0 Å². The average molecular weight is 610 g/mol. The minimum absolute atomic E-state index is 0.0498. The van der Waals surface area contributed by atoms with Gasteiger partial charge in [0.2, 0.25) is 11.8 Å². The lowest BCUT2D eigenvalue weighted by Crippen LogP contribution is -2.56. The van der Waals surface area contributed by atoms with E-state index < -0.39 is 41.7 Å². The fraction of sp³-hybridized carbons (Fsp3) is 0.588. The van der Waals surface area contributed by atoms with E-state index in [1.165, 1.54) is 0 Å². The zero-order valence-electron chi connectivity index (χ0n) is 26.3. The molecule has 3 fully saturated rings. The molecule has 3 aliphatic rings. The van der Waals surface area contributed by atoms with Crippen LogP contribution in [0.3, 0.4) is 0 Å². The number of esters is 1. The van der Waals surface area contributed by atoms with Crippen molar-refractivity contribution in [3.63, 3.8) is 0 Å². The molecule has 44 heavy (non-hydrogen) atoms. The lowest BCUT2D eigenvalue weighted by atomic mass is 9.70. The average Bonchev–Trinajstić information content (AvgIpc) is 3.64. The van der Waals surface area contributed by atoms with Gasteiger partial charge >= 0.3 is 5.97 Å². The van der Waals surface area contributed by atoms with E-state index in [1.54, 1.807) is 28.9 Å². The number of allylic oxidation sites excluding steroid dienone is 1. The van der Waals surface area contributed by atoms with Crippen LogP contribution in [0.25, 0.3) is 0 Å². The van der Waals surface area contributed by atoms with Gasteiger partial charge in [0.05, 0.1) is 24.5 Å². The number of benzene rings is 1. The molecule has 10 heteroatoms. The predicted molar refractivity (Wildman–Crippen MR) is 167 cm³/mol. The molecule has 1 spiro atoms. The van der Waals surface area contributed by atoms with Gasteiger partial charge < -0.3 is 29.7 Å². The number of anilines is 1. The van der Waals surface area contributed by atoms with Crippen LogP contribution in [0.5, 0.6) is 0 Å². The highest BCUT2D eigenvalue weighted by atomic mass is 16.6. The van der Waals surface area contributed by atoms with Crippen molar-refractivity contribution in [2.45, 2.75) is 89.6 Å². The van der Waals surface area contributed by atoms with Crippen molar-refractivity contribution in [1.82, 2.24) is 10.2 Å². The van der Waals surface area contributed by atoms with E-state index in [0.29, 0.717) is 51.5 Å². The van der Waals surface area contributed by atoms with Gasteiger partial charge in [0.15, 0.2) is 0 Å². The molecule has 3 amide bonds. The summed E-state index contributed by atoms with van der Waals surface area (Å²) < 4.78 is 12.3. The van der Waals surface area contributed by atoms with Gasteiger partial charge in [0, 0.05) is 31.8 Å². The van der Waals surface area contributed by atoms with Crippen molar-refractivity contribution in [1.29, 1.82) is 0 Å². The standard InChI is InChI=1S/C34H47N3O7/c1-6-8-12-27(39)35-21-24(5)43-33(42)28-26-15-16-34(44-26)29(28)31(40)37(18-10-9-11-19-38)30(34)32(41)36(17-7-2)25-20-22(3)13-14-23(25)4/h6-7,13-14,20,24,26,28-30,38H,1-2,8-12,15-19,21H2,3-5H3,(H,35,39)/t24-,26+,28-,29-,30+,34-/m0/s1. The molecule has 3 saturated heterocycles. The first kappa shape index (κ1) is 33.4. The first-order chi connectivity index (χ1) is 21.1. The van der Waals surface area contributed by atoms with E-state index in [4.69, 9.17) is 9.47 Å². The number of nitrogens with one attached hydrogen (secondary N) is 1. The van der Waals surface area contributed by atoms with Crippen molar-refractivity contribution >= 4 is 29.4 Å². The summed E-state index contributed by atoms with van der Waals surface area (Å²) in [6.07, 6.45) is 5.94. The van der Waals surface area contributed by atoms with Crippen molar-refractivity contribution < 1.29 is 33.8 Å². The predicted octanol–water partition coefficient (Wildman–Crippen LogP) is 3.37. The molecule has 0 aliphatic carbocycles. The number of carbonyl (C=O) groups excluding carboxylic acids is 4. The van der Waals surface area contributed by atoms with E-state index in [2.05, 4.69) is 18.5 Å². The van der Waals surface area contributed by atoms with Crippen molar-refractivity contribution in [3.05, 3.63) is 54.6 Å². The van der Waals surface area contributed by atoms with Crippen LogP contribution in [-0.4, -0.2) is 83.8 Å². The largest absolute Gasteiger partial charge is 0.460 e. The van der Waals surface area contributed by atoms with Crippen LogP contribution in [-0.2, 0) is 28.7 Å². The molecule has 2 bridgehead atoms. The smallest absolute Gasteiger partial charge is 0.312 e. The van der Waals surface area contributed by atoms with Crippen LogP contribution >= 0.6 is 0 Å². The monoisotopic (exact) mass is 609 g/mol.